The van der Waals surface area contributed by atoms with E-state index < -0.39 is 18.0 Å². The van der Waals surface area contributed by atoms with Crippen LogP contribution >= 0.6 is 0 Å². The Bertz CT molecular complexity index is 1790. The van der Waals surface area contributed by atoms with Gasteiger partial charge in [-0.3, -0.25) is 0 Å². The molecule has 0 aliphatic carbocycles. The summed E-state index contributed by atoms with van der Waals surface area (Å²) in [5.41, 5.74) is 3.02. The first kappa shape index (κ1) is 28.6. The maximum absolute atomic E-state index is 11.2. The van der Waals surface area contributed by atoms with Crippen LogP contribution in [0.1, 0.15) is 46.3 Å². The van der Waals surface area contributed by atoms with E-state index in [1.54, 1.807) is 31.4 Å². The molecule has 4 atom stereocenters. The Balaban J connectivity index is 1.43. The Hall–Kier alpha value is -5.16. The summed E-state index contributed by atoms with van der Waals surface area (Å²) in [5, 5.41) is 42.3. The Labute approximate surface area is 258 Å². The van der Waals surface area contributed by atoms with Crippen LogP contribution in [-0.4, -0.2) is 55.0 Å². The summed E-state index contributed by atoms with van der Waals surface area (Å²) in [4.78, 5) is 0. The second kappa shape index (κ2) is 10.5. The van der Waals surface area contributed by atoms with Crippen molar-refractivity contribution < 1.29 is 53.6 Å². The number of fused-ring (bicyclic) bond motifs is 8. The van der Waals surface area contributed by atoms with E-state index in [2.05, 4.69) is 0 Å². The molecule has 2 unspecified atom stereocenters. The first-order valence-electron chi connectivity index (χ1n) is 14.3. The van der Waals surface area contributed by atoms with Gasteiger partial charge in [0, 0.05) is 53.1 Å². The molecule has 45 heavy (non-hydrogen) atoms. The minimum atomic E-state index is -1.39. The fourth-order valence-corrected chi connectivity index (χ4v) is 6.61. The molecule has 2 bridgehead atoms. The lowest BCUT2D eigenvalue weighted by molar-refractivity contribution is -0.149. The van der Waals surface area contributed by atoms with Crippen LogP contribution in [0.3, 0.4) is 0 Å². The molecule has 7 rings (SSSR count). The number of methoxy groups -OCH3 is 4. The molecule has 4 aromatic rings. The lowest BCUT2D eigenvalue weighted by atomic mass is 9.76. The maximum Gasteiger partial charge on any atom is 0.279 e. The first-order valence-corrected chi connectivity index (χ1v) is 14.3. The summed E-state index contributed by atoms with van der Waals surface area (Å²) >= 11 is 0. The molecule has 11 heteroatoms. The van der Waals surface area contributed by atoms with Crippen molar-refractivity contribution in [1.29, 1.82) is 0 Å². The van der Waals surface area contributed by atoms with Crippen LogP contribution in [-0.2, 0) is 12.2 Å². The zero-order valence-electron chi connectivity index (χ0n) is 25.0. The SMILES string of the molecule is COc1ccc2c(c1)OC1(c3cc(OC)c(OC)c(OC)c3)CC2c2c(cc(O)c3c2O[C@H](c2ccc(O)c(O)c2)[C@@H](O)C3)O1. The van der Waals surface area contributed by atoms with Crippen molar-refractivity contribution in [1.82, 2.24) is 0 Å². The topological polar surface area (TPSA) is 146 Å². The van der Waals surface area contributed by atoms with Crippen LogP contribution in [0, 0.1) is 0 Å². The predicted octanol–water partition coefficient (Wildman–Crippen LogP) is 5.03. The monoisotopic (exact) mass is 616 g/mol. The van der Waals surface area contributed by atoms with Gasteiger partial charge in [-0.05, 0) is 35.9 Å². The summed E-state index contributed by atoms with van der Waals surface area (Å²) < 4.78 is 42.3. The fourth-order valence-electron chi connectivity index (χ4n) is 6.61. The summed E-state index contributed by atoms with van der Waals surface area (Å²) in [6.45, 7) is 0. The van der Waals surface area contributed by atoms with Crippen LogP contribution in [0.4, 0.5) is 0 Å². The molecule has 4 N–H and O–H groups in total. The zero-order valence-corrected chi connectivity index (χ0v) is 25.0. The summed E-state index contributed by atoms with van der Waals surface area (Å²) in [6, 6.07) is 14.9. The normalized spacial score (nSPS) is 22.4. The van der Waals surface area contributed by atoms with Crippen LogP contribution in [0.25, 0.3) is 0 Å². The Kier molecular flexibility index (Phi) is 6.66. The molecule has 0 amide bonds. The number of phenolic OH excluding ortho intramolecular Hbond substituents is 3. The molecule has 0 aromatic heterocycles. The second-order valence-corrected chi connectivity index (χ2v) is 11.2. The third-order valence-electron chi connectivity index (χ3n) is 8.77. The van der Waals surface area contributed by atoms with Crippen LogP contribution in [0.15, 0.2) is 54.6 Å². The van der Waals surface area contributed by atoms with Crippen LogP contribution in [0.2, 0.25) is 0 Å². The average molecular weight is 617 g/mol. The van der Waals surface area contributed by atoms with Gasteiger partial charge < -0.3 is 53.6 Å². The number of benzene rings is 4. The lowest BCUT2D eigenvalue weighted by Gasteiger charge is -2.47. The standard InChI is InChI=1S/C34H32O11/c1-39-18-6-7-19-21-15-34(44-26(19)12-18,17-10-28(40-2)33(42-4)29(11-17)41-3)45-27-14-23(36)20-13-25(38)31(43-32(20)30(21)27)16-5-8-22(35)24(37)9-16/h5-12,14,21,25,31,35-38H,13,15H2,1-4H3/t21?,25-,31+,34?/m0/s1. The molecule has 4 aromatic carbocycles. The molecule has 11 nitrogen and oxygen atoms in total. The fraction of sp³-hybridized carbons (Fsp3) is 0.294. The number of hydrogen-bond acceptors (Lipinski definition) is 11. The zero-order chi connectivity index (χ0) is 31.6. The van der Waals surface area contributed by atoms with E-state index in [9.17, 15) is 20.4 Å². The number of aromatic hydroxyl groups is 3. The highest BCUT2D eigenvalue weighted by molar-refractivity contribution is 5.66. The molecule has 0 saturated carbocycles. The molecule has 3 aliphatic rings. The minimum Gasteiger partial charge on any atom is -0.507 e. The number of hydrogen-bond donors (Lipinski definition) is 4. The molecule has 234 valence electrons. The van der Waals surface area contributed by atoms with E-state index in [1.807, 2.05) is 12.1 Å². The van der Waals surface area contributed by atoms with Crippen molar-refractivity contribution in [3.8, 4) is 57.5 Å². The van der Waals surface area contributed by atoms with Crippen molar-refractivity contribution in [3.63, 3.8) is 0 Å². The summed E-state index contributed by atoms with van der Waals surface area (Å²) in [6.07, 6.45) is -1.55. The van der Waals surface area contributed by atoms with Gasteiger partial charge in [-0.2, -0.15) is 0 Å². The second-order valence-electron chi connectivity index (χ2n) is 11.2. The van der Waals surface area contributed by atoms with Crippen molar-refractivity contribution in [3.05, 3.63) is 82.4 Å². The molecule has 3 aliphatic heterocycles. The highest BCUT2D eigenvalue weighted by Gasteiger charge is 2.53. The van der Waals surface area contributed by atoms with E-state index in [4.69, 9.17) is 33.2 Å². The highest BCUT2D eigenvalue weighted by atomic mass is 16.7. The van der Waals surface area contributed by atoms with Gasteiger partial charge in [-0.25, -0.2) is 0 Å². The van der Waals surface area contributed by atoms with Crippen molar-refractivity contribution in [2.24, 2.45) is 0 Å². The molecule has 3 heterocycles. The maximum atomic E-state index is 11.2. The van der Waals surface area contributed by atoms with Gasteiger partial charge in [0.2, 0.25) is 5.75 Å². The predicted molar refractivity (Wildman–Crippen MR) is 159 cm³/mol. The van der Waals surface area contributed by atoms with Gasteiger partial charge >= 0.3 is 0 Å². The van der Waals surface area contributed by atoms with Gasteiger partial charge in [-0.15, -0.1) is 0 Å². The third-order valence-corrected chi connectivity index (χ3v) is 8.77. The molecule has 0 fully saturated rings. The smallest absolute Gasteiger partial charge is 0.279 e. The molecule has 0 radical (unpaired) electrons. The Morgan fingerprint density at radius 2 is 1.49 bits per heavy atom. The molecular formula is C34H32O11. The average Bonchev–Trinajstić information content (AvgIpc) is 3.04. The van der Waals surface area contributed by atoms with Crippen LogP contribution in [0.5, 0.6) is 57.5 Å². The number of ether oxygens (including phenoxy) is 7. The van der Waals surface area contributed by atoms with E-state index in [-0.39, 0.29) is 29.6 Å². The number of phenols is 3. The lowest BCUT2D eigenvalue weighted by Crippen LogP contribution is -2.47. The minimum absolute atomic E-state index is 0.0808. The van der Waals surface area contributed by atoms with Gasteiger partial charge in [0.15, 0.2) is 23.0 Å². The molecular weight excluding hydrogens is 584 g/mol. The Morgan fingerprint density at radius 1 is 0.756 bits per heavy atom. The molecule has 0 saturated heterocycles. The highest BCUT2D eigenvalue weighted by Crippen LogP contribution is 2.61. The van der Waals surface area contributed by atoms with Gasteiger partial charge in [0.1, 0.15) is 34.9 Å². The van der Waals surface area contributed by atoms with E-state index in [0.717, 1.165) is 5.56 Å². The summed E-state index contributed by atoms with van der Waals surface area (Å²) in [7, 11) is 6.16. The summed E-state index contributed by atoms with van der Waals surface area (Å²) in [5.74, 6) is 0.610. The van der Waals surface area contributed by atoms with Gasteiger partial charge in [0.25, 0.3) is 5.79 Å². The van der Waals surface area contributed by atoms with E-state index >= 15 is 0 Å². The van der Waals surface area contributed by atoms with Crippen molar-refractivity contribution >= 4 is 0 Å². The van der Waals surface area contributed by atoms with E-state index in [0.29, 0.717) is 68.9 Å². The van der Waals surface area contributed by atoms with Crippen LogP contribution < -0.4 is 33.2 Å². The van der Waals surface area contributed by atoms with E-state index in [1.165, 1.54) is 39.5 Å². The van der Waals surface area contributed by atoms with Crippen molar-refractivity contribution in [2.45, 2.75) is 36.8 Å². The number of aliphatic hydroxyl groups is 1. The third kappa shape index (κ3) is 4.37. The van der Waals surface area contributed by atoms with Crippen molar-refractivity contribution in [2.75, 3.05) is 28.4 Å². The number of rotatable bonds is 6. The quantitative estimate of drug-likeness (QED) is 0.216. The number of aliphatic hydroxyl groups excluding tert-OH is 1. The Morgan fingerprint density at radius 3 is 2.16 bits per heavy atom. The first-order chi connectivity index (χ1) is 21.7. The molecule has 0 spiro atoms. The van der Waals surface area contributed by atoms with Gasteiger partial charge in [-0.1, -0.05) is 12.1 Å². The largest absolute Gasteiger partial charge is 0.507 e. The van der Waals surface area contributed by atoms with Gasteiger partial charge in [0.05, 0.1) is 34.5 Å².